The zero-order valence-corrected chi connectivity index (χ0v) is 11.1. The van der Waals surface area contributed by atoms with Crippen LogP contribution in [0.25, 0.3) is 0 Å². The number of hydrogen-bond acceptors (Lipinski definition) is 2. The second-order valence-corrected chi connectivity index (χ2v) is 4.54. The molecule has 5 heteroatoms. The van der Waals surface area contributed by atoms with Gasteiger partial charge in [0.15, 0.2) is 11.6 Å². The summed E-state index contributed by atoms with van der Waals surface area (Å²) in [7, 11) is 0. The SMILES string of the molecule is CC(=O)c1ccc(C(=O)c2ccc(C(F)(F)F)cc2)cc1. The van der Waals surface area contributed by atoms with E-state index in [4.69, 9.17) is 0 Å². The highest BCUT2D eigenvalue weighted by Gasteiger charge is 2.30. The molecule has 0 unspecified atom stereocenters. The molecule has 0 aliphatic carbocycles. The van der Waals surface area contributed by atoms with Gasteiger partial charge in [-0.3, -0.25) is 9.59 Å². The third kappa shape index (κ3) is 3.37. The molecule has 2 aromatic carbocycles. The summed E-state index contributed by atoms with van der Waals surface area (Å²) in [6.45, 7) is 1.41. The lowest BCUT2D eigenvalue weighted by molar-refractivity contribution is -0.137. The quantitative estimate of drug-likeness (QED) is 0.797. The Labute approximate surface area is 119 Å². The van der Waals surface area contributed by atoms with Crippen molar-refractivity contribution < 1.29 is 22.8 Å². The van der Waals surface area contributed by atoms with E-state index in [2.05, 4.69) is 0 Å². The first-order valence-electron chi connectivity index (χ1n) is 6.12. The van der Waals surface area contributed by atoms with E-state index in [1.165, 1.54) is 31.2 Å². The van der Waals surface area contributed by atoms with E-state index in [0.29, 0.717) is 11.1 Å². The maximum Gasteiger partial charge on any atom is 0.416 e. The standard InChI is InChI=1S/C16H11F3O2/c1-10(20)11-2-4-12(5-3-11)15(21)13-6-8-14(9-7-13)16(17,18)19/h2-9H,1H3. The van der Waals surface area contributed by atoms with Gasteiger partial charge in [0.05, 0.1) is 5.56 Å². The van der Waals surface area contributed by atoms with Gasteiger partial charge in [0.25, 0.3) is 0 Å². The number of benzene rings is 2. The first-order chi connectivity index (χ1) is 9.79. The Morgan fingerprint density at radius 1 is 0.762 bits per heavy atom. The Bertz CT molecular complexity index is 668. The Balaban J connectivity index is 2.25. The van der Waals surface area contributed by atoms with Crippen LogP contribution in [0.3, 0.4) is 0 Å². The molecule has 0 aromatic heterocycles. The van der Waals surface area contributed by atoms with Gasteiger partial charge in [0.2, 0.25) is 0 Å². The summed E-state index contributed by atoms with van der Waals surface area (Å²) in [5.74, 6) is -0.512. The number of carbonyl (C=O) groups excluding carboxylic acids is 2. The average molecular weight is 292 g/mol. The van der Waals surface area contributed by atoms with Crippen LogP contribution in [0.4, 0.5) is 13.2 Å². The van der Waals surface area contributed by atoms with Crippen LogP contribution in [0.15, 0.2) is 48.5 Å². The summed E-state index contributed by atoms with van der Waals surface area (Å²) < 4.78 is 37.3. The van der Waals surface area contributed by atoms with Gasteiger partial charge < -0.3 is 0 Å². The molecule has 0 bridgehead atoms. The molecule has 0 saturated heterocycles. The van der Waals surface area contributed by atoms with E-state index in [-0.39, 0.29) is 17.1 Å². The molecular weight excluding hydrogens is 281 g/mol. The van der Waals surface area contributed by atoms with E-state index >= 15 is 0 Å². The summed E-state index contributed by atoms with van der Waals surface area (Å²) in [6, 6.07) is 10.0. The number of alkyl halides is 3. The van der Waals surface area contributed by atoms with Crippen LogP contribution in [0.2, 0.25) is 0 Å². The fraction of sp³-hybridized carbons (Fsp3) is 0.125. The molecule has 108 valence electrons. The monoisotopic (exact) mass is 292 g/mol. The highest BCUT2D eigenvalue weighted by Crippen LogP contribution is 2.29. The number of Topliss-reactive ketones (excluding diaryl/α,β-unsaturated/α-hetero) is 1. The Kier molecular flexibility index (Phi) is 3.93. The molecule has 2 nitrogen and oxygen atoms in total. The van der Waals surface area contributed by atoms with Gasteiger partial charge >= 0.3 is 6.18 Å². The molecule has 0 spiro atoms. The third-order valence-corrected chi connectivity index (χ3v) is 3.03. The lowest BCUT2D eigenvalue weighted by atomic mass is 10.00. The van der Waals surface area contributed by atoms with Crippen molar-refractivity contribution in [2.75, 3.05) is 0 Å². The molecule has 0 heterocycles. The summed E-state index contributed by atoms with van der Waals surface area (Å²) >= 11 is 0. The fourth-order valence-electron chi connectivity index (χ4n) is 1.83. The number of hydrogen-bond donors (Lipinski definition) is 0. The largest absolute Gasteiger partial charge is 0.416 e. The van der Waals surface area contributed by atoms with Gasteiger partial charge in [-0.05, 0) is 19.1 Å². The van der Waals surface area contributed by atoms with Gasteiger partial charge in [-0.1, -0.05) is 36.4 Å². The van der Waals surface area contributed by atoms with Crippen molar-refractivity contribution in [3.05, 3.63) is 70.8 Å². The lowest BCUT2D eigenvalue weighted by Gasteiger charge is -2.07. The van der Waals surface area contributed by atoms with Gasteiger partial charge in [-0.15, -0.1) is 0 Å². The first-order valence-corrected chi connectivity index (χ1v) is 6.12. The Hall–Kier alpha value is -2.43. The predicted molar refractivity (Wildman–Crippen MR) is 71.3 cm³/mol. The molecule has 0 radical (unpaired) electrons. The molecule has 0 aliphatic heterocycles. The number of ketones is 2. The summed E-state index contributed by atoms with van der Waals surface area (Å²) in [5, 5.41) is 0. The molecule has 0 amide bonds. The van der Waals surface area contributed by atoms with E-state index in [9.17, 15) is 22.8 Å². The highest BCUT2D eigenvalue weighted by atomic mass is 19.4. The van der Waals surface area contributed by atoms with Crippen LogP contribution in [0.5, 0.6) is 0 Å². The van der Waals surface area contributed by atoms with Crippen molar-refractivity contribution in [1.29, 1.82) is 0 Å². The molecule has 0 saturated carbocycles. The maximum atomic E-state index is 12.4. The summed E-state index contributed by atoms with van der Waals surface area (Å²) in [6.07, 6.45) is -4.43. The van der Waals surface area contributed by atoms with Crippen molar-refractivity contribution >= 4 is 11.6 Å². The fourth-order valence-corrected chi connectivity index (χ4v) is 1.83. The minimum absolute atomic E-state index is 0.122. The number of halogens is 3. The van der Waals surface area contributed by atoms with Crippen molar-refractivity contribution in [2.45, 2.75) is 13.1 Å². The minimum atomic E-state index is -4.43. The first kappa shape index (κ1) is 15.0. The zero-order chi connectivity index (χ0) is 15.6. The van der Waals surface area contributed by atoms with Crippen molar-refractivity contribution in [2.24, 2.45) is 0 Å². The summed E-state index contributed by atoms with van der Waals surface area (Å²) in [5.41, 5.74) is 0.156. The Morgan fingerprint density at radius 3 is 1.52 bits per heavy atom. The van der Waals surface area contributed by atoms with Crippen molar-refractivity contribution in [1.82, 2.24) is 0 Å². The molecule has 0 aliphatic rings. The van der Waals surface area contributed by atoms with Crippen LogP contribution >= 0.6 is 0 Å². The molecule has 21 heavy (non-hydrogen) atoms. The lowest BCUT2D eigenvalue weighted by Crippen LogP contribution is -2.06. The van der Waals surface area contributed by atoms with Crippen LogP contribution < -0.4 is 0 Å². The van der Waals surface area contributed by atoms with Gasteiger partial charge in [-0.25, -0.2) is 0 Å². The molecular formula is C16H11F3O2. The predicted octanol–water partition coefficient (Wildman–Crippen LogP) is 4.14. The number of rotatable bonds is 3. The van der Waals surface area contributed by atoms with Crippen LogP contribution in [-0.4, -0.2) is 11.6 Å². The zero-order valence-electron chi connectivity index (χ0n) is 11.1. The molecule has 2 aromatic rings. The van der Waals surface area contributed by atoms with Gasteiger partial charge in [-0.2, -0.15) is 13.2 Å². The van der Waals surface area contributed by atoms with E-state index in [1.807, 2.05) is 0 Å². The molecule has 0 atom stereocenters. The van der Waals surface area contributed by atoms with E-state index < -0.39 is 11.7 Å². The van der Waals surface area contributed by atoms with Crippen LogP contribution in [-0.2, 0) is 6.18 Å². The van der Waals surface area contributed by atoms with Crippen molar-refractivity contribution in [3.63, 3.8) is 0 Å². The molecule has 2 rings (SSSR count). The molecule has 0 fully saturated rings. The molecule has 0 N–H and O–H groups in total. The summed E-state index contributed by atoms with van der Waals surface area (Å²) in [4.78, 5) is 23.3. The van der Waals surface area contributed by atoms with Crippen LogP contribution in [0, 0.1) is 0 Å². The maximum absolute atomic E-state index is 12.4. The highest BCUT2D eigenvalue weighted by molar-refractivity contribution is 6.09. The van der Waals surface area contributed by atoms with Crippen LogP contribution in [0.1, 0.15) is 38.8 Å². The minimum Gasteiger partial charge on any atom is -0.295 e. The Morgan fingerprint density at radius 2 is 1.14 bits per heavy atom. The second kappa shape index (κ2) is 5.52. The smallest absolute Gasteiger partial charge is 0.295 e. The van der Waals surface area contributed by atoms with E-state index in [0.717, 1.165) is 24.3 Å². The topological polar surface area (TPSA) is 34.1 Å². The van der Waals surface area contributed by atoms with Gasteiger partial charge in [0.1, 0.15) is 0 Å². The second-order valence-electron chi connectivity index (χ2n) is 4.54. The van der Waals surface area contributed by atoms with Crippen molar-refractivity contribution in [3.8, 4) is 0 Å². The van der Waals surface area contributed by atoms with Gasteiger partial charge in [0, 0.05) is 16.7 Å². The normalized spacial score (nSPS) is 11.2. The third-order valence-electron chi connectivity index (χ3n) is 3.03. The average Bonchev–Trinajstić information content (AvgIpc) is 2.46. The number of carbonyl (C=O) groups is 2. The van der Waals surface area contributed by atoms with E-state index in [1.54, 1.807) is 0 Å².